The van der Waals surface area contributed by atoms with E-state index >= 15 is 0 Å². The summed E-state index contributed by atoms with van der Waals surface area (Å²) in [6, 6.07) is 17.2. The lowest BCUT2D eigenvalue weighted by Gasteiger charge is -2.07. The number of hydrogen-bond donors (Lipinski definition) is 2. The van der Waals surface area contributed by atoms with E-state index in [9.17, 15) is 0 Å². The van der Waals surface area contributed by atoms with E-state index in [0.29, 0.717) is 12.2 Å². The van der Waals surface area contributed by atoms with Crippen molar-refractivity contribution in [1.29, 1.82) is 5.41 Å². The summed E-state index contributed by atoms with van der Waals surface area (Å²) < 4.78 is 5.63. The number of rotatable bonds is 4. The molecule has 17 heavy (non-hydrogen) atoms. The molecule has 0 spiro atoms. The minimum Gasteiger partial charge on any atom is -0.489 e. The first kappa shape index (κ1) is 11.2. The first-order valence-corrected chi connectivity index (χ1v) is 5.37. The molecule has 3 heteroatoms. The van der Waals surface area contributed by atoms with Crippen molar-refractivity contribution in [2.45, 2.75) is 6.61 Å². The fourth-order valence-corrected chi connectivity index (χ4v) is 1.49. The molecular weight excluding hydrogens is 212 g/mol. The maximum atomic E-state index is 7.35. The van der Waals surface area contributed by atoms with Gasteiger partial charge < -0.3 is 10.5 Å². The molecule has 0 amide bonds. The summed E-state index contributed by atoms with van der Waals surface area (Å²) in [7, 11) is 0. The Hall–Kier alpha value is -2.29. The minimum absolute atomic E-state index is 0.0511. The second-order valence-corrected chi connectivity index (χ2v) is 3.72. The van der Waals surface area contributed by atoms with Crippen LogP contribution in [-0.2, 0) is 6.61 Å². The highest BCUT2D eigenvalue weighted by Crippen LogP contribution is 2.14. The van der Waals surface area contributed by atoms with E-state index in [2.05, 4.69) is 0 Å². The summed E-state index contributed by atoms with van der Waals surface area (Å²) in [6.45, 7) is 0.516. The van der Waals surface area contributed by atoms with Crippen molar-refractivity contribution in [3.05, 3.63) is 65.7 Å². The van der Waals surface area contributed by atoms with Gasteiger partial charge in [-0.2, -0.15) is 0 Å². The summed E-state index contributed by atoms with van der Waals surface area (Å²) in [5.41, 5.74) is 7.21. The van der Waals surface area contributed by atoms with Crippen molar-refractivity contribution in [3.8, 4) is 5.75 Å². The third-order valence-electron chi connectivity index (χ3n) is 2.39. The van der Waals surface area contributed by atoms with E-state index in [1.54, 1.807) is 12.1 Å². The number of benzene rings is 2. The largest absolute Gasteiger partial charge is 0.489 e. The van der Waals surface area contributed by atoms with Crippen LogP contribution in [0, 0.1) is 5.41 Å². The predicted molar refractivity (Wildman–Crippen MR) is 68.2 cm³/mol. The first-order valence-electron chi connectivity index (χ1n) is 5.37. The maximum absolute atomic E-state index is 7.35. The molecule has 2 aromatic rings. The topological polar surface area (TPSA) is 59.1 Å². The van der Waals surface area contributed by atoms with Crippen LogP contribution in [0.5, 0.6) is 5.75 Å². The van der Waals surface area contributed by atoms with Gasteiger partial charge in [-0.25, -0.2) is 0 Å². The highest BCUT2D eigenvalue weighted by molar-refractivity contribution is 5.95. The second kappa shape index (κ2) is 5.16. The molecule has 0 bridgehead atoms. The zero-order chi connectivity index (χ0) is 12.1. The molecule has 3 N–H and O–H groups in total. The monoisotopic (exact) mass is 226 g/mol. The Morgan fingerprint density at radius 3 is 2.53 bits per heavy atom. The summed E-state index contributed by atoms with van der Waals surface area (Å²) >= 11 is 0. The van der Waals surface area contributed by atoms with Crippen LogP contribution in [0.1, 0.15) is 11.1 Å². The molecule has 0 saturated carbocycles. The lowest BCUT2D eigenvalue weighted by molar-refractivity contribution is 0.306. The molecule has 0 aliphatic rings. The predicted octanol–water partition coefficient (Wildman–Crippen LogP) is 2.55. The fourth-order valence-electron chi connectivity index (χ4n) is 1.49. The van der Waals surface area contributed by atoms with Gasteiger partial charge in [-0.3, -0.25) is 5.41 Å². The number of nitrogens with two attached hydrogens (primary N) is 1. The van der Waals surface area contributed by atoms with Crippen molar-refractivity contribution in [2.75, 3.05) is 0 Å². The van der Waals surface area contributed by atoms with Crippen LogP contribution in [0.15, 0.2) is 54.6 Å². The molecule has 2 rings (SSSR count). The van der Waals surface area contributed by atoms with E-state index in [0.717, 1.165) is 11.3 Å². The molecular formula is C14H14N2O. The van der Waals surface area contributed by atoms with Crippen LogP contribution in [0.2, 0.25) is 0 Å². The fraction of sp³-hybridized carbons (Fsp3) is 0.0714. The Kier molecular flexibility index (Phi) is 3.40. The highest BCUT2D eigenvalue weighted by Gasteiger charge is 1.99. The van der Waals surface area contributed by atoms with Crippen molar-refractivity contribution in [1.82, 2.24) is 0 Å². The highest BCUT2D eigenvalue weighted by atomic mass is 16.5. The number of nitrogens with one attached hydrogen (secondary N) is 1. The zero-order valence-electron chi connectivity index (χ0n) is 9.39. The Bertz CT molecular complexity index is 509. The number of amidine groups is 1. The average molecular weight is 226 g/mol. The Morgan fingerprint density at radius 1 is 1.06 bits per heavy atom. The quantitative estimate of drug-likeness (QED) is 0.621. The molecule has 0 aromatic heterocycles. The summed E-state index contributed by atoms with van der Waals surface area (Å²) in [5.74, 6) is 0.775. The van der Waals surface area contributed by atoms with Crippen molar-refractivity contribution < 1.29 is 4.74 Å². The van der Waals surface area contributed by atoms with Crippen LogP contribution in [0.25, 0.3) is 0 Å². The minimum atomic E-state index is 0.0511. The normalized spacial score (nSPS) is 9.88. The van der Waals surface area contributed by atoms with Gasteiger partial charge in [0, 0.05) is 5.56 Å². The van der Waals surface area contributed by atoms with Gasteiger partial charge in [0.25, 0.3) is 0 Å². The van der Waals surface area contributed by atoms with Gasteiger partial charge in [0.05, 0.1) is 0 Å². The van der Waals surface area contributed by atoms with E-state index < -0.39 is 0 Å². The maximum Gasteiger partial charge on any atom is 0.122 e. The molecule has 2 aromatic carbocycles. The van der Waals surface area contributed by atoms with E-state index in [-0.39, 0.29) is 5.84 Å². The summed E-state index contributed by atoms with van der Waals surface area (Å²) in [5, 5.41) is 7.35. The smallest absolute Gasteiger partial charge is 0.122 e. The number of ether oxygens (including phenoxy) is 1. The molecule has 3 nitrogen and oxygen atoms in total. The molecule has 0 saturated heterocycles. The standard InChI is InChI=1S/C14H14N2O/c15-14(16)12-7-4-8-13(9-12)17-10-11-5-2-1-3-6-11/h1-9H,10H2,(H3,15,16). The van der Waals surface area contributed by atoms with E-state index in [1.165, 1.54) is 0 Å². The average Bonchev–Trinajstić information content (AvgIpc) is 2.38. The van der Waals surface area contributed by atoms with Crippen molar-refractivity contribution in [2.24, 2.45) is 5.73 Å². The van der Waals surface area contributed by atoms with Gasteiger partial charge in [-0.1, -0.05) is 42.5 Å². The molecule has 0 aliphatic heterocycles. The Labute approximate surface area is 100 Å². The first-order chi connectivity index (χ1) is 8.25. The third kappa shape index (κ3) is 3.08. The van der Waals surface area contributed by atoms with E-state index in [1.807, 2.05) is 42.5 Å². The molecule has 0 atom stereocenters. The SMILES string of the molecule is N=C(N)c1cccc(OCc2ccccc2)c1. The molecule has 86 valence electrons. The van der Waals surface area contributed by atoms with Crippen molar-refractivity contribution in [3.63, 3.8) is 0 Å². The Balaban J connectivity index is 2.04. The number of hydrogen-bond acceptors (Lipinski definition) is 2. The molecule has 0 radical (unpaired) electrons. The van der Waals surface area contributed by atoms with Crippen molar-refractivity contribution >= 4 is 5.84 Å². The van der Waals surface area contributed by atoms with Gasteiger partial charge in [-0.15, -0.1) is 0 Å². The third-order valence-corrected chi connectivity index (χ3v) is 2.39. The van der Waals surface area contributed by atoms with Crippen LogP contribution < -0.4 is 10.5 Å². The van der Waals surface area contributed by atoms with Gasteiger partial charge in [0.15, 0.2) is 0 Å². The molecule has 0 heterocycles. The van der Waals surface area contributed by atoms with Crippen LogP contribution in [0.4, 0.5) is 0 Å². The van der Waals surface area contributed by atoms with Gasteiger partial charge >= 0.3 is 0 Å². The summed E-state index contributed by atoms with van der Waals surface area (Å²) in [4.78, 5) is 0. The lowest BCUT2D eigenvalue weighted by atomic mass is 10.2. The second-order valence-electron chi connectivity index (χ2n) is 3.72. The van der Waals surface area contributed by atoms with Crippen LogP contribution in [0.3, 0.4) is 0 Å². The van der Waals surface area contributed by atoms with Gasteiger partial charge in [0.2, 0.25) is 0 Å². The number of nitrogen functional groups attached to an aromatic ring is 1. The lowest BCUT2D eigenvalue weighted by Crippen LogP contribution is -2.10. The van der Waals surface area contributed by atoms with Crippen LogP contribution in [-0.4, -0.2) is 5.84 Å². The van der Waals surface area contributed by atoms with Gasteiger partial charge in [0.1, 0.15) is 18.2 Å². The molecule has 0 fully saturated rings. The zero-order valence-corrected chi connectivity index (χ0v) is 9.39. The van der Waals surface area contributed by atoms with E-state index in [4.69, 9.17) is 15.9 Å². The Morgan fingerprint density at radius 2 is 1.82 bits per heavy atom. The van der Waals surface area contributed by atoms with Gasteiger partial charge in [-0.05, 0) is 17.7 Å². The van der Waals surface area contributed by atoms with Crippen LogP contribution >= 0.6 is 0 Å². The summed E-state index contributed by atoms with van der Waals surface area (Å²) in [6.07, 6.45) is 0. The molecule has 0 aliphatic carbocycles. The molecule has 0 unspecified atom stereocenters.